The molecule has 0 amide bonds. The largest absolute Gasteiger partial charge is 0.481 e. The summed E-state index contributed by atoms with van der Waals surface area (Å²) in [5, 5.41) is 8.75. The van der Waals surface area contributed by atoms with Crippen molar-refractivity contribution < 1.29 is 18.3 Å². The van der Waals surface area contributed by atoms with E-state index in [1.807, 2.05) is 38.1 Å². The van der Waals surface area contributed by atoms with E-state index < -0.39 is 32.4 Å². The third-order valence-electron chi connectivity index (χ3n) is 5.42. The normalized spacial score (nSPS) is 25.0. The number of sulfone groups is 1. The molecule has 3 N–H and O–H groups in total. The lowest BCUT2D eigenvalue weighted by Gasteiger charge is -2.10. The third-order valence-corrected chi connectivity index (χ3v) is 7.71. The predicted octanol–water partition coefficient (Wildman–Crippen LogP) is 2.53. The summed E-state index contributed by atoms with van der Waals surface area (Å²) in [5.41, 5.74) is 7.06. The van der Waals surface area contributed by atoms with E-state index in [4.69, 9.17) is 5.73 Å². The molecule has 26 heavy (non-hydrogen) atoms. The number of hydrogen-bond acceptors (Lipinski definition) is 4. The first-order chi connectivity index (χ1) is 12.3. The molecular weight excluding hydrogens is 350 g/mol. The molecule has 0 aliphatic heterocycles. The van der Waals surface area contributed by atoms with E-state index in [-0.39, 0.29) is 11.4 Å². The average molecular weight is 373 g/mol. The second-order valence-electron chi connectivity index (χ2n) is 6.90. The van der Waals surface area contributed by atoms with Crippen molar-refractivity contribution in [3.05, 3.63) is 65.2 Å². The molecular formula is C20H23NO4S. The number of carboxylic acids is 1. The van der Waals surface area contributed by atoms with E-state index in [9.17, 15) is 18.3 Å². The summed E-state index contributed by atoms with van der Waals surface area (Å²) in [5.74, 6) is -1.81. The van der Waals surface area contributed by atoms with Crippen molar-refractivity contribution in [3.8, 4) is 0 Å². The van der Waals surface area contributed by atoms with Crippen molar-refractivity contribution in [1.82, 2.24) is 0 Å². The van der Waals surface area contributed by atoms with Gasteiger partial charge in [-0.15, -0.1) is 0 Å². The molecule has 6 heteroatoms. The highest BCUT2D eigenvalue weighted by Gasteiger charge is 2.75. The summed E-state index contributed by atoms with van der Waals surface area (Å²) in [6, 6.07) is 13.9. The Labute approximate surface area is 153 Å². The molecule has 0 bridgehead atoms. The monoisotopic (exact) mass is 373 g/mol. The van der Waals surface area contributed by atoms with Crippen LogP contribution < -0.4 is 5.73 Å². The number of hydrogen-bond donors (Lipinski definition) is 2. The topological polar surface area (TPSA) is 97.5 Å². The van der Waals surface area contributed by atoms with Gasteiger partial charge >= 0.3 is 5.97 Å². The third kappa shape index (κ3) is 2.73. The van der Waals surface area contributed by atoms with Gasteiger partial charge in [0.2, 0.25) is 0 Å². The van der Waals surface area contributed by atoms with Crippen molar-refractivity contribution in [2.24, 2.45) is 11.1 Å². The molecule has 3 rings (SSSR count). The summed E-state index contributed by atoms with van der Waals surface area (Å²) in [7, 11) is -3.82. The molecule has 2 aromatic carbocycles. The van der Waals surface area contributed by atoms with E-state index in [1.165, 1.54) is 12.1 Å². The molecule has 5 nitrogen and oxygen atoms in total. The van der Waals surface area contributed by atoms with Gasteiger partial charge in [-0.1, -0.05) is 48.9 Å². The van der Waals surface area contributed by atoms with Crippen LogP contribution >= 0.6 is 0 Å². The molecule has 3 unspecified atom stereocenters. The van der Waals surface area contributed by atoms with E-state index in [2.05, 4.69) is 0 Å². The van der Waals surface area contributed by atoms with Crippen molar-refractivity contribution in [1.29, 1.82) is 0 Å². The summed E-state index contributed by atoms with van der Waals surface area (Å²) >= 11 is 0. The van der Waals surface area contributed by atoms with Gasteiger partial charge in [0.25, 0.3) is 0 Å². The van der Waals surface area contributed by atoms with Gasteiger partial charge in [-0.2, -0.15) is 0 Å². The number of aliphatic carboxylic acids is 1. The first-order valence-electron chi connectivity index (χ1n) is 8.62. The van der Waals surface area contributed by atoms with E-state index in [0.717, 1.165) is 17.5 Å². The van der Waals surface area contributed by atoms with Gasteiger partial charge in [0.05, 0.1) is 10.1 Å². The van der Waals surface area contributed by atoms with Crippen LogP contribution in [0.25, 0.3) is 0 Å². The Morgan fingerprint density at radius 1 is 1.12 bits per heavy atom. The van der Waals surface area contributed by atoms with Crippen molar-refractivity contribution >= 4 is 15.8 Å². The summed E-state index contributed by atoms with van der Waals surface area (Å²) in [4.78, 5) is 12.2. The quantitative estimate of drug-likeness (QED) is 0.811. The maximum atomic E-state index is 13.2. The van der Waals surface area contributed by atoms with E-state index in [0.29, 0.717) is 5.56 Å². The molecule has 2 aromatic rings. The van der Waals surface area contributed by atoms with Crippen LogP contribution in [0, 0.1) is 12.3 Å². The highest BCUT2D eigenvalue weighted by Crippen LogP contribution is 2.63. The zero-order valence-corrected chi connectivity index (χ0v) is 15.7. The zero-order chi connectivity index (χ0) is 19.1. The summed E-state index contributed by atoms with van der Waals surface area (Å²) in [6.45, 7) is 3.67. The van der Waals surface area contributed by atoms with Crippen LogP contribution in [-0.4, -0.2) is 31.3 Å². The van der Waals surface area contributed by atoms with Crippen LogP contribution in [-0.2, 0) is 21.1 Å². The second kappa shape index (κ2) is 6.52. The smallest absolute Gasteiger partial charge is 0.312 e. The molecule has 3 atom stereocenters. The number of nitrogens with two attached hydrogens (primary N) is 1. The molecule has 0 spiro atoms. The Morgan fingerprint density at radius 3 is 2.15 bits per heavy atom. The average Bonchev–Trinajstić information content (AvgIpc) is 3.34. The lowest BCUT2D eigenvalue weighted by atomic mass is 9.98. The van der Waals surface area contributed by atoms with Crippen LogP contribution in [0.2, 0.25) is 0 Å². The maximum absolute atomic E-state index is 13.2. The summed E-state index contributed by atoms with van der Waals surface area (Å²) in [6.07, 6.45) is 0.858. The van der Waals surface area contributed by atoms with Gasteiger partial charge in [-0.25, -0.2) is 8.42 Å². The van der Waals surface area contributed by atoms with Crippen LogP contribution in [0.15, 0.2) is 53.4 Å². The van der Waals surface area contributed by atoms with E-state index >= 15 is 0 Å². The SMILES string of the molecule is CCc1ccc(C2C(S(=O)(=O)c3ccc(C)cc3)C2(CN)C(=O)O)cc1. The predicted molar refractivity (Wildman–Crippen MR) is 99.8 cm³/mol. The van der Waals surface area contributed by atoms with Gasteiger partial charge in [-0.05, 0) is 36.6 Å². The van der Waals surface area contributed by atoms with Crippen molar-refractivity contribution in [2.45, 2.75) is 36.3 Å². The van der Waals surface area contributed by atoms with Crippen molar-refractivity contribution in [2.75, 3.05) is 6.54 Å². The van der Waals surface area contributed by atoms with Gasteiger partial charge < -0.3 is 10.8 Å². The molecule has 0 saturated heterocycles. The van der Waals surface area contributed by atoms with Gasteiger partial charge in [0.1, 0.15) is 5.41 Å². The Morgan fingerprint density at radius 2 is 1.69 bits per heavy atom. The minimum atomic E-state index is -3.82. The Hall–Kier alpha value is -2.18. The molecule has 1 saturated carbocycles. The lowest BCUT2D eigenvalue weighted by Crippen LogP contribution is -2.31. The number of benzene rings is 2. The van der Waals surface area contributed by atoms with Gasteiger partial charge in [0.15, 0.2) is 9.84 Å². The summed E-state index contributed by atoms with van der Waals surface area (Å²) < 4.78 is 26.3. The number of rotatable bonds is 6. The zero-order valence-electron chi connectivity index (χ0n) is 14.8. The van der Waals surface area contributed by atoms with Crippen LogP contribution in [0.5, 0.6) is 0 Å². The molecule has 1 aliphatic carbocycles. The Bertz CT molecular complexity index is 919. The first-order valence-corrected chi connectivity index (χ1v) is 10.2. The second-order valence-corrected chi connectivity index (χ2v) is 8.97. The van der Waals surface area contributed by atoms with Crippen molar-refractivity contribution in [3.63, 3.8) is 0 Å². The number of carboxylic acid groups (broad SMARTS) is 1. The highest BCUT2D eigenvalue weighted by molar-refractivity contribution is 7.92. The van der Waals surface area contributed by atoms with E-state index in [1.54, 1.807) is 12.1 Å². The standard InChI is InChI=1S/C20H23NO4S/c1-3-14-6-8-15(9-7-14)17-18(20(17,12-21)19(22)23)26(24,25)16-10-4-13(2)5-11-16/h4-11,17-18H,3,12,21H2,1-2H3,(H,22,23). The fourth-order valence-corrected chi connectivity index (χ4v) is 6.14. The molecule has 0 heterocycles. The fraction of sp³-hybridized carbons (Fsp3) is 0.350. The number of carbonyl (C=O) groups is 1. The molecule has 0 aromatic heterocycles. The Kier molecular flexibility index (Phi) is 4.67. The Balaban J connectivity index is 2.08. The maximum Gasteiger partial charge on any atom is 0.312 e. The van der Waals surface area contributed by atoms with Crippen LogP contribution in [0.3, 0.4) is 0 Å². The molecule has 0 radical (unpaired) electrons. The van der Waals surface area contributed by atoms with Crippen LogP contribution in [0.4, 0.5) is 0 Å². The lowest BCUT2D eigenvalue weighted by molar-refractivity contribution is -0.143. The molecule has 1 aliphatic rings. The molecule has 138 valence electrons. The van der Waals surface area contributed by atoms with Crippen LogP contribution in [0.1, 0.15) is 29.5 Å². The fourth-order valence-electron chi connectivity index (χ4n) is 3.75. The minimum Gasteiger partial charge on any atom is -0.481 e. The van der Waals surface area contributed by atoms with Gasteiger partial charge in [-0.3, -0.25) is 4.79 Å². The van der Waals surface area contributed by atoms with Gasteiger partial charge in [0, 0.05) is 12.5 Å². The highest BCUT2D eigenvalue weighted by atomic mass is 32.2. The first kappa shape index (κ1) is 18.6. The molecule has 1 fully saturated rings. The minimum absolute atomic E-state index is 0.139. The number of aryl methyl sites for hydroxylation is 2.